The first-order valence-electron chi connectivity index (χ1n) is 13.2. The van der Waals surface area contributed by atoms with Crippen LogP contribution in [0.4, 0.5) is 0 Å². The Labute approximate surface area is 254 Å². The van der Waals surface area contributed by atoms with Crippen LogP contribution in [0.5, 0.6) is 17.4 Å². The molecule has 0 unspecified atom stereocenters. The van der Waals surface area contributed by atoms with Gasteiger partial charge in [-0.3, -0.25) is 4.90 Å². The summed E-state index contributed by atoms with van der Waals surface area (Å²) in [6, 6.07) is 9.70. The predicted octanol–water partition coefficient (Wildman–Crippen LogP) is 5.46. The molecule has 0 spiro atoms. The molecule has 0 bridgehead atoms. The maximum absolute atomic E-state index is 9.83. The van der Waals surface area contributed by atoms with Gasteiger partial charge in [0, 0.05) is 36.8 Å². The molecule has 43 heavy (non-hydrogen) atoms. The molecule has 0 atom stereocenters. The minimum absolute atomic E-state index is 0.264. The maximum Gasteiger partial charge on any atom is 0.232 e. The van der Waals surface area contributed by atoms with E-state index >= 15 is 0 Å². The molecular formula is C34H26N4O4S. The van der Waals surface area contributed by atoms with Crippen molar-refractivity contribution in [3.05, 3.63) is 117 Å². The molecule has 1 saturated heterocycles. The number of morpholine rings is 1. The number of benzene rings is 1. The topological polar surface area (TPSA) is 89.7 Å². The molecule has 0 amide bonds. The van der Waals surface area contributed by atoms with Crippen LogP contribution in [-0.4, -0.2) is 54.4 Å². The van der Waals surface area contributed by atoms with E-state index in [0.717, 1.165) is 54.7 Å². The summed E-state index contributed by atoms with van der Waals surface area (Å²) >= 11 is 1.55. The number of nitriles is 1. The Bertz CT molecular complexity index is 1790. The molecular weight excluding hydrogens is 560 g/mol. The summed E-state index contributed by atoms with van der Waals surface area (Å²) in [7, 11) is 0. The maximum atomic E-state index is 9.83. The zero-order valence-electron chi connectivity index (χ0n) is 23.4. The number of rotatable bonds is 6. The van der Waals surface area contributed by atoms with Gasteiger partial charge in [0.2, 0.25) is 5.88 Å². The molecule has 0 aliphatic carbocycles. The van der Waals surface area contributed by atoms with Crippen molar-refractivity contribution in [2.45, 2.75) is 13.2 Å². The summed E-state index contributed by atoms with van der Waals surface area (Å²) in [5, 5.41) is 12.7. The lowest BCUT2D eigenvalue weighted by molar-refractivity contribution is 0.0337. The zero-order valence-corrected chi connectivity index (χ0v) is 24.2. The van der Waals surface area contributed by atoms with Gasteiger partial charge in [0.25, 0.3) is 0 Å². The van der Waals surface area contributed by atoms with Crippen molar-refractivity contribution < 1.29 is 18.9 Å². The van der Waals surface area contributed by atoms with Crippen molar-refractivity contribution in [3.8, 4) is 34.6 Å². The highest BCUT2D eigenvalue weighted by atomic mass is 32.1. The molecule has 5 rings (SSSR count). The van der Waals surface area contributed by atoms with E-state index in [1.807, 2.05) is 18.2 Å². The van der Waals surface area contributed by atoms with Gasteiger partial charge < -0.3 is 18.9 Å². The van der Waals surface area contributed by atoms with Crippen molar-refractivity contribution in [2.75, 3.05) is 39.5 Å². The van der Waals surface area contributed by atoms with E-state index in [4.69, 9.17) is 18.9 Å². The van der Waals surface area contributed by atoms with Gasteiger partial charge >= 0.3 is 0 Å². The van der Waals surface area contributed by atoms with E-state index in [1.54, 1.807) is 23.6 Å². The average Bonchev–Trinajstić information content (AvgIpc) is 3.50. The second kappa shape index (κ2) is 16.7. The molecule has 1 fully saturated rings. The molecule has 2 aliphatic heterocycles. The number of pyridine rings is 1. The molecule has 9 heteroatoms. The highest BCUT2D eigenvalue weighted by Crippen LogP contribution is 2.37. The van der Waals surface area contributed by atoms with Gasteiger partial charge in [0.1, 0.15) is 36.5 Å². The molecule has 2 aromatic heterocycles. The van der Waals surface area contributed by atoms with E-state index in [-0.39, 0.29) is 6.61 Å². The SMILES string of the molecule is C=C=C=C=C=C=C=C=C=C=C.N#Cc1c(-c2ccc3c(c2)OCCO3)ccnc1OCc1nc(CN2CCOCC2)cs1. The number of aromatic nitrogens is 2. The Balaban J connectivity index is 0.000000330. The number of fused-ring (bicyclic) bond motifs is 1. The number of ether oxygens (including phenoxy) is 4. The van der Waals surface area contributed by atoms with Crippen molar-refractivity contribution in [1.82, 2.24) is 14.9 Å². The van der Waals surface area contributed by atoms with Crippen molar-refractivity contribution in [1.29, 1.82) is 5.26 Å². The first-order valence-corrected chi connectivity index (χ1v) is 14.0. The van der Waals surface area contributed by atoms with Crippen molar-refractivity contribution in [2.24, 2.45) is 0 Å². The van der Waals surface area contributed by atoms with Crippen LogP contribution in [0.25, 0.3) is 11.1 Å². The first-order chi connectivity index (χ1) is 21.2. The van der Waals surface area contributed by atoms with Crippen LogP contribution in [0.2, 0.25) is 0 Å². The average molecular weight is 587 g/mol. The molecule has 2 aliphatic rings. The monoisotopic (exact) mass is 586 g/mol. The lowest BCUT2D eigenvalue weighted by Crippen LogP contribution is -2.35. The van der Waals surface area contributed by atoms with Crippen LogP contribution in [0.1, 0.15) is 16.3 Å². The smallest absolute Gasteiger partial charge is 0.232 e. The van der Waals surface area contributed by atoms with E-state index < -0.39 is 0 Å². The second-order valence-electron chi connectivity index (χ2n) is 8.65. The largest absolute Gasteiger partial charge is 0.486 e. The number of hydrogen-bond acceptors (Lipinski definition) is 9. The molecule has 0 radical (unpaired) electrons. The Kier molecular flexibility index (Phi) is 11.9. The van der Waals surface area contributed by atoms with Crippen LogP contribution < -0.4 is 14.2 Å². The van der Waals surface area contributed by atoms with Gasteiger partial charge in [-0.15, -0.1) is 11.3 Å². The minimum Gasteiger partial charge on any atom is -0.486 e. The van der Waals surface area contributed by atoms with Gasteiger partial charge in [-0.05, 0) is 77.0 Å². The first kappa shape index (κ1) is 30.5. The third-order valence-electron chi connectivity index (χ3n) is 5.85. The van der Waals surface area contributed by atoms with Crippen LogP contribution in [-0.2, 0) is 17.9 Å². The van der Waals surface area contributed by atoms with E-state index in [0.29, 0.717) is 36.2 Å². The van der Waals surface area contributed by atoms with Gasteiger partial charge in [0.05, 0.1) is 18.9 Å². The Hall–Kier alpha value is -5.43. The third-order valence-corrected chi connectivity index (χ3v) is 6.73. The Morgan fingerprint density at radius 1 is 0.907 bits per heavy atom. The standard InChI is InChI=1S/C23H22N4O4S.C11H4/c24-12-19-18(16-1-2-20-21(11-16)30-10-9-29-20)3-4-25-23(19)31-14-22-26-17(15-32-22)13-27-5-7-28-8-6-27;1-3-5-7-9-11-10-8-6-4-2/h1-4,11,15H,5-10,13-14H2;1-2H2. The van der Waals surface area contributed by atoms with E-state index in [9.17, 15) is 5.26 Å². The lowest BCUT2D eigenvalue weighted by Gasteiger charge is -2.25. The summed E-state index contributed by atoms with van der Waals surface area (Å²) in [5.74, 6) is 1.68. The normalized spacial score (nSPS) is 12.7. The fourth-order valence-corrected chi connectivity index (χ4v) is 4.66. The molecule has 8 nitrogen and oxygen atoms in total. The molecule has 0 saturated carbocycles. The van der Waals surface area contributed by atoms with Crippen molar-refractivity contribution in [3.63, 3.8) is 0 Å². The fraction of sp³-hybridized carbons (Fsp3) is 0.235. The molecule has 4 heterocycles. The number of hydrogen-bond donors (Lipinski definition) is 0. The van der Waals surface area contributed by atoms with Gasteiger partial charge in [-0.1, -0.05) is 17.5 Å². The highest BCUT2D eigenvalue weighted by Gasteiger charge is 2.18. The van der Waals surface area contributed by atoms with E-state index in [1.165, 1.54) is 0 Å². The third kappa shape index (κ3) is 9.30. The second-order valence-corrected chi connectivity index (χ2v) is 9.59. The van der Waals surface area contributed by atoms with Crippen LogP contribution >= 0.6 is 11.3 Å². The molecule has 3 aromatic rings. The summed E-state index contributed by atoms with van der Waals surface area (Å²) in [6.45, 7) is 12.0. The zero-order chi connectivity index (χ0) is 30.1. The number of nitrogens with zero attached hydrogens (tertiary/aromatic N) is 4. The number of thiazole rings is 1. The Morgan fingerprint density at radius 3 is 2.30 bits per heavy atom. The van der Waals surface area contributed by atoms with Crippen LogP contribution in [0.15, 0.2) is 101 Å². The summed E-state index contributed by atoms with van der Waals surface area (Å²) in [5.41, 5.74) is 24.9. The molecule has 0 N–H and O–H groups in total. The predicted molar refractivity (Wildman–Crippen MR) is 161 cm³/mol. The quantitative estimate of drug-likeness (QED) is 0.352. The molecule has 212 valence electrons. The van der Waals surface area contributed by atoms with Gasteiger partial charge in [-0.2, -0.15) is 5.26 Å². The highest BCUT2D eigenvalue weighted by molar-refractivity contribution is 7.09. The Morgan fingerprint density at radius 2 is 1.60 bits per heavy atom. The summed E-state index contributed by atoms with van der Waals surface area (Å²) in [6.07, 6.45) is 1.65. The van der Waals surface area contributed by atoms with Gasteiger partial charge in [0.15, 0.2) is 11.5 Å². The van der Waals surface area contributed by atoms with Crippen LogP contribution in [0, 0.1) is 11.3 Å². The van der Waals surface area contributed by atoms with Crippen molar-refractivity contribution >= 4 is 11.3 Å². The summed E-state index contributed by atoms with van der Waals surface area (Å²) in [4.78, 5) is 11.3. The summed E-state index contributed by atoms with van der Waals surface area (Å²) < 4.78 is 22.6. The van der Waals surface area contributed by atoms with Gasteiger partial charge in [-0.25, -0.2) is 9.97 Å². The van der Waals surface area contributed by atoms with Crippen LogP contribution in [0.3, 0.4) is 0 Å². The molecule has 1 aromatic carbocycles. The minimum atomic E-state index is 0.264. The lowest BCUT2D eigenvalue weighted by atomic mass is 10.0. The fourth-order valence-electron chi connectivity index (χ4n) is 3.96. The van der Waals surface area contributed by atoms with E-state index in [2.05, 4.69) is 91.1 Å².